The van der Waals surface area contributed by atoms with E-state index in [0.29, 0.717) is 6.61 Å². The first-order valence-corrected chi connectivity index (χ1v) is 7.88. The van der Waals surface area contributed by atoms with Crippen molar-refractivity contribution in [3.8, 4) is 0 Å². The standard InChI is InChI=1S/C12H16ClN3O2S/c13-10-9(14)11(17)16(7-15-10)8-1-3-18-12(5-8)2-4-19-6-12/h7-8H,1-6,14H2. The largest absolute Gasteiger partial charge is 0.392 e. The lowest BCUT2D eigenvalue weighted by Crippen LogP contribution is -2.42. The van der Waals surface area contributed by atoms with Gasteiger partial charge >= 0.3 is 0 Å². The molecule has 2 saturated heterocycles. The van der Waals surface area contributed by atoms with E-state index >= 15 is 0 Å². The molecule has 1 aromatic rings. The molecule has 1 aromatic heterocycles. The van der Waals surface area contributed by atoms with Crippen molar-refractivity contribution < 1.29 is 4.74 Å². The minimum atomic E-state index is -0.243. The Morgan fingerprint density at radius 1 is 1.63 bits per heavy atom. The molecule has 0 bridgehead atoms. The van der Waals surface area contributed by atoms with Crippen molar-refractivity contribution in [2.45, 2.75) is 30.9 Å². The summed E-state index contributed by atoms with van der Waals surface area (Å²) >= 11 is 7.68. The van der Waals surface area contributed by atoms with E-state index < -0.39 is 0 Å². The second kappa shape index (κ2) is 5.00. The van der Waals surface area contributed by atoms with Gasteiger partial charge in [0.05, 0.1) is 11.9 Å². The van der Waals surface area contributed by atoms with Crippen LogP contribution >= 0.6 is 23.4 Å². The summed E-state index contributed by atoms with van der Waals surface area (Å²) in [5.74, 6) is 2.14. The maximum absolute atomic E-state index is 12.2. The number of nitrogens with zero attached hydrogens (tertiary/aromatic N) is 2. The highest BCUT2D eigenvalue weighted by molar-refractivity contribution is 7.99. The van der Waals surface area contributed by atoms with Gasteiger partial charge in [0.15, 0.2) is 5.15 Å². The Morgan fingerprint density at radius 2 is 2.47 bits per heavy atom. The van der Waals surface area contributed by atoms with Crippen LogP contribution in [0.3, 0.4) is 0 Å². The van der Waals surface area contributed by atoms with Crippen LogP contribution < -0.4 is 11.3 Å². The van der Waals surface area contributed by atoms with Gasteiger partial charge in [-0.05, 0) is 25.0 Å². The molecule has 2 fully saturated rings. The van der Waals surface area contributed by atoms with Gasteiger partial charge in [0.1, 0.15) is 5.69 Å². The summed E-state index contributed by atoms with van der Waals surface area (Å²) in [5.41, 5.74) is 5.39. The molecule has 0 amide bonds. The topological polar surface area (TPSA) is 70.1 Å². The summed E-state index contributed by atoms with van der Waals surface area (Å²) in [6.45, 7) is 0.681. The summed E-state index contributed by atoms with van der Waals surface area (Å²) in [5, 5.41) is 0.0828. The van der Waals surface area contributed by atoms with E-state index in [1.807, 2.05) is 11.8 Å². The van der Waals surface area contributed by atoms with Crippen LogP contribution in [0.4, 0.5) is 5.69 Å². The summed E-state index contributed by atoms with van der Waals surface area (Å²) < 4.78 is 7.58. The van der Waals surface area contributed by atoms with Crippen LogP contribution in [0.25, 0.3) is 0 Å². The molecule has 0 saturated carbocycles. The van der Waals surface area contributed by atoms with Gasteiger partial charge in [-0.2, -0.15) is 11.8 Å². The second-order valence-corrected chi connectivity index (χ2v) is 6.61. The molecule has 3 heterocycles. The molecule has 0 aliphatic carbocycles. The van der Waals surface area contributed by atoms with Crippen LogP contribution in [0.5, 0.6) is 0 Å². The number of nitrogen functional groups attached to an aromatic ring is 1. The summed E-state index contributed by atoms with van der Waals surface area (Å²) in [4.78, 5) is 16.1. The zero-order valence-electron chi connectivity index (χ0n) is 10.5. The zero-order chi connectivity index (χ0) is 13.5. The molecular formula is C12H16ClN3O2S. The summed E-state index contributed by atoms with van der Waals surface area (Å²) in [7, 11) is 0. The number of anilines is 1. The Morgan fingerprint density at radius 3 is 3.21 bits per heavy atom. The number of nitrogens with two attached hydrogens (primary N) is 1. The molecule has 0 aromatic carbocycles. The van der Waals surface area contributed by atoms with Crippen molar-refractivity contribution in [2.24, 2.45) is 0 Å². The van der Waals surface area contributed by atoms with E-state index in [4.69, 9.17) is 22.1 Å². The van der Waals surface area contributed by atoms with E-state index in [9.17, 15) is 4.79 Å². The van der Waals surface area contributed by atoms with Gasteiger partial charge in [-0.15, -0.1) is 0 Å². The molecule has 5 nitrogen and oxygen atoms in total. The normalized spacial score (nSPS) is 30.9. The summed E-state index contributed by atoms with van der Waals surface area (Å²) in [6, 6.07) is 0.104. The third kappa shape index (κ3) is 2.37. The quantitative estimate of drug-likeness (QED) is 0.800. The maximum atomic E-state index is 12.2. The van der Waals surface area contributed by atoms with E-state index in [1.54, 1.807) is 4.57 Å². The van der Waals surface area contributed by atoms with Crippen molar-refractivity contribution in [1.29, 1.82) is 0 Å². The number of aromatic nitrogens is 2. The van der Waals surface area contributed by atoms with Crippen LogP contribution in [-0.2, 0) is 4.74 Å². The minimum Gasteiger partial charge on any atom is -0.392 e. The molecule has 2 atom stereocenters. The Bertz CT molecular complexity index is 542. The first kappa shape index (κ1) is 13.3. The molecule has 1 spiro atoms. The lowest BCUT2D eigenvalue weighted by atomic mass is 9.90. The third-order valence-corrected chi connectivity index (χ3v) is 5.43. The fourth-order valence-corrected chi connectivity index (χ4v) is 4.33. The van der Waals surface area contributed by atoms with Crippen LogP contribution in [0, 0.1) is 0 Å². The fraction of sp³-hybridized carbons (Fsp3) is 0.667. The van der Waals surface area contributed by atoms with Crippen molar-refractivity contribution in [2.75, 3.05) is 23.8 Å². The molecular weight excluding hydrogens is 286 g/mol. The van der Waals surface area contributed by atoms with Gasteiger partial charge in [0.2, 0.25) is 0 Å². The van der Waals surface area contributed by atoms with Crippen LogP contribution in [0.15, 0.2) is 11.1 Å². The van der Waals surface area contributed by atoms with Gasteiger partial charge in [0, 0.05) is 18.4 Å². The number of rotatable bonds is 1. The van der Waals surface area contributed by atoms with Crippen LogP contribution in [0.1, 0.15) is 25.3 Å². The molecule has 19 heavy (non-hydrogen) atoms. The monoisotopic (exact) mass is 301 g/mol. The van der Waals surface area contributed by atoms with E-state index in [1.165, 1.54) is 6.33 Å². The summed E-state index contributed by atoms with van der Waals surface area (Å²) in [6.07, 6.45) is 4.23. The fourth-order valence-electron chi connectivity index (χ4n) is 2.82. The first-order valence-electron chi connectivity index (χ1n) is 6.35. The Kier molecular flexibility index (Phi) is 3.49. The molecule has 7 heteroatoms. The van der Waals surface area contributed by atoms with Crippen molar-refractivity contribution >= 4 is 29.1 Å². The molecule has 2 aliphatic heterocycles. The SMILES string of the molecule is Nc1c(Cl)ncn(C2CCOC3(CCSC3)C2)c1=O. The number of hydrogen-bond donors (Lipinski definition) is 1. The Labute approximate surface area is 120 Å². The molecule has 3 rings (SSSR count). The number of thioether (sulfide) groups is 1. The van der Waals surface area contributed by atoms with Crippen molar-refractivity contribution in [1.82, 2.24) is 9.55 Å². The van der Waals surface area contributed by atoms with Gasteiger partial charge in [-0.3, -0.25) is 9.36 Å². The van der Waals surface area contributed by atoms with Gasteiger partial charge < -0.3 is 10.5 Å². The second-order valence-electron chi connectivity index (χ2n) is 5.14. The molecule has 104 valence electrons. The molecule has 2 N–H and O–H groups in total. The van der Waals surface area contributed by atoms with Crippen molar-refractivity contribution in [3.05, 3.63) is 21.8 Å². The van der Waals surface area contributed by atoms with E-state index in [2.05, 4.69) is 4.98 Å². The lowest BCUT2D eigenvalue weighted by molar-refractivity contribution is -0.0767. The Hall–Kier alpha value is -0.720. The average molecular weight is 302 g/mol. The van der Waals surface area contributed by atoms with E-state index in [-0.39, 0.29) is 28.0 Å². The third-order valence-electron chi connectivity index (χ3n) is 3.91. The molecule has 0 radical (unpaired) electrons. The van der Waals surface area contributed by atoms with Crippen LogP contribution in [0.2, 0.25) is 5.15 Å². The molecule has 2 aliphatic rings. The molecule has 2 unspecified atom stereocenters. The van der Waals surface area contributed by atoms with Gasteiger partial charge in [-0.1, -0.05) is 11.6 Å². The predicted molar refractivity (Wildman–Crippen MR) is 76.8 cm³/mol. The smallest absolute Gasteiger partial charge is 0.278 e. The first-order chi connectivity index (χ1) is 9.11. The Balaban J connectivity index is 1.90. The van der Waals surface area contributed by atoms with E-state index in [0.717, 1.165) is 30.8 Å². The maximum Gasteiger partial charge on any atom is 0.278 e. The lowest BCUT2D eigenvalue weighted by Gasteiger charge is -2.38. The van der Waals surface area contributed by atoms with Gasteiger partial charge in [-0.25, -0.2) is 4.98 Å². The number of ether oxygens (including phenoxy) is 1. The average Bonchev–Trinajstić information content (AvgIpc) is 2.84. The highest BCUT2D eigenvalue weighted by atomic mass is 35.5. The zero-order valence-corrected chi connectivity index (χ0v) is 12.0. The highest BCUT2D eigenvalue weighted by Crippen LogP contribution is 2.41. The predicted octanol–water partition coefficient (Wildman–Crippen LogP) is 1.71. The van der Waals surface area contributed by atoms with Crippen LogP contribution in [-0.4, -0.2) is 33.3 Å². The van der Waals surface area contributed by atoms with Gasteiger partial charge in [0.25, 0.3) is 5.56 Å². The minimum absolute atomic E-state index is 0.0329. The highest BCUT2D eigenvalue weighted by Gasteiger charge is 2.41. The number of halogens is 1. The van der Waals surface area contributed by atoms with Crippen molar-refractivity contribution in [3.63, 3.8) is 0 Å². The number of hydrogen-bond acceptors (Lipinski definition) is 5.